The van der Waals surface area contributed by atoms with Crippen LogP contribution in [-0.4, -0.2) is 116 Å². The Labute approximate surface area is 278 Å². The zero-order valence-corrected chi connectivity index (χ0v) is 28.2. The fourth-order valence-corrected chi connectivity index (χ4v) is 4.15. The molecule has 0 aromatic rings. The van der Waals surface area contributed by atoms with Gasteiger partial charge in [0.25, 0.3) is 0 Å². The van der Waals surface area contributed by atoms with Crippen LogP contribution in [-0.2, 0) is 43.0 Å². The van der Waals surface area contributed by atoms with E-state index in [0.717, 1.165) is 38.5 Å². The number of amides is 4. The van der Waals surface area contributed by atoms with E-state index in [1.165, 1.54) is 0 Å². The van der Waals surface area contributed by atoms with E-state index in [2.05, 4.69) is 21.3 Å². The van der Waals surface area contributed by atoms with Crippen molar-refractivity contribution in [2.24, 2.45) is 0 Å². The van der Waals surface area contributed by atoms with Crippen LogP contribution in [0.25, 0.3) is 0 Å². The van der Waals surface area contributed by atoms with Gasteiger partial charge in [-0.15, -0.1) is 0 Å². The molecular formula is C29H51IN4O11. The Morgan fingerprint density at radius 2 is 1.04 bits per heavy atom. The van der Waals surface area contributed by atoms with Crippen LogP contribution in [0, 0.1) is 0 Å². The van der Waals surface area contributed by atoms with Gasteiger partial charge >= 0.3 is 11.9 Å². The summed E-state index contributed by atoms with van der Waals surface area (Å²) in [7, 11) is 0. The zero-order chi connectivity index (χ0) is 33.5. The van der Waals surface area contributed by atoms with E-state index in [4.69, 9.17) is 19.3 Å². The summed E-state index contributed by atoms with van der Waals surface area (Å²) in [5, 5.41) is 28.4. The normalized spacial score (nSPS) is 11.4. The van der Waals surface area contributed by atoms with Gasteiger partial charge in [0.1, 0.15) is 12.6 Å². The molecule has 1 atom stereocenters. The van der Waals surface area contributed by atoms with Crippen LogP contribution >= 0.6 is 22.6 Å². The topological polar surface area (TPSA) is 219 Å². The third-order valence-electron chi connectivity index (χ3n) is 6.27. The van der Waals surface area contributed by atoms with Crippen LogP contribution in [0.4, 0.5) is 0 Å². The number of carboxylic acids is 2. The highest BCUT2D eigenvalue weighted by Gasteiger charge is 2.20. The molecule has 0 fully saturated rings. The van der Waals surface area contributed by atoms with E-state index in [0.29, 0.717) is 43.6 Å². The van der Waals surface area contributed by atoms with Crippen LogP contribution in [0.15, 0.2) is 0 Å². The van der Waals surface area contributed by atoms with Crippen LogP contribution < -0.4 is 21.3 Å². The summed E-state index contributed by atoms with van der Waals surface area (Å²) in [5.74, 6) is -3.03. The summed E-state index contributed by atoms with van der Waals surface area (Å²) in [6.07, 6.45) is 7.42. The molecule has 15 nitrogen and oxygen atoms in total. The number of unbranched alkanes of at least 4 members (excludes halogenated alkanes) is 7. The average molecular weight is 759 g/mol. The first-order chi connectivity index (χ1) is 21.6. The Kier molecular flexibility index (Phi) is 28.4. The lowest BCUT2D eigenvalue weighted by Gasteiger charge is -2.14. The number of ether oxygens (including phenoxy) is 3. The van der Waals surface area contributed by atoms with Gasteiger partial charge in [0.2, 0.25) is 23.6 Å². The molecule has 45 heavy (non-hydrogen) atoms. The fraction of sp³-hybridized carbons (Fsp3) is 0.793. The van der Waals surface area contributed by atoms with Crippen molar-refractivity contribution in [3.63, 3.8) is 0 Å². The molecule has 16 heteroatoms. The van der Waals surface area contributed by atoms with Crippen LogP contribution in [0.5, 0.6) is 0 Å². The van der Waals surface area contributed by atoms with E-state index in [9.17, 15) is 33.9 Å². The SMILES string of the molecule is O=C(O)CCCCCCCCCCC(=O)NC(CCC(=O)NCCOCCOCC(=O)NCCOCCNC(=O)CI)C(=O)O. The highest BCUT2D eigenvalue weighted by Crippen LogP contribution is 2.11. The number of carbonyl (C=O) groups excluding carboxylic acids is 4. The molecule has 0 heterocycles. The van der Waals surface area contributed by atoms with Crippen molar-refractivity contribution in [1.82, 2.24) is 21.3 Å². The number of aliphatic carboxylic acids is 2. The Morgan fingerprint density at radius 1 is 0.556 bits per heavy atom. The summed E-state index contributed by atoms with van der Waals surface area (Å²) in [5.41, 5.74) is 0. The van der Waals surface area contributed by atoms with Crippen molar-refractivity contribution in [3.05, 3.63) is 0 Å². The number of nitrogens with one attached hydrogen (secondary N) is 4. The third-order valence-corrected chi connectivity index (χ3v) is 6.96. The maximum Gasteiger partial charge on any atom is 0.326 e. The summed E-state index contributed by atoms with van der Waals surface area (Å²) < 4.78 is 16.2. The van der Waals surface area contributed by atoms with Crippen molar-refractivity contribution in [2.75, 3.05) is 63.7 Å². The first-order valence-electron chi connectivity index (χ1n) is 15.5. The second-order valence-electron chi connectivity index (χ2n) is 10.2. The van der Waals surface area contributed by atoms with Gasteiger partial charge in [-0.1, -0.05) is 61.1 Å². The monoisotopic (exact) mass is 758 g/mol. The molecule has 0 aliphatic heterocycles. The van der Waals surface area contributed by atoms with Crippen molar-refractivity contribution in [3.8, 4) is 0 Å². The third kappa shape index (κ3) is 29.9. The van der Waals surface area contributed by atoms with E-state index in [1.807, 2.05) is 22.6 Å². The number of hydrogen-bond donors (Lipinski definition) is 6. The standard InChI is InChI=1S/C29H51IN4O11/c30-21-26(37)32-14-16-43-17-15-33-27(38)22-45-20-19-44-18-13-31-24(35)12-11-23(29(41)42)34-25(36)9-7-5-3-1-2-4-6-8-10-28(39)40/h23H,1-22H2,(H,31,35)(H,32,37)(H,33,38)(H,34,36)(H,39,40)(H,41,42). The number of hydrogen-bond acceptors (Lipinski definition) is 9. The molecule has 0 saturated carbocycles. The number of halogens is 1. The lowest BCUT2D eigenvalue weighted by atomic mass is 10.1. The first kappa shape index (κ1) is 42.4. The minimum absolute atomic E-state index is 0.0331. The first-order valence-corrected chi connectivity index (χ1v) is 17.0. The van der Waals surface area contributed by atoms with Crippen molar-refractivity contribution < 1.29 is 53.2 Å². The summed E-state index contributed by atoms with van der Waals surface area (Å²) in [4.78, 5) is 69.0. The molecule has 0 aromatic carbocycles. The molecule has 1 unspecified atom stereocenters. The molecular weight excluding hydrogens is 707 g/mol. The molecule has 260 valence electrons. The molecule has 0 radical (unpaired) electrons. The predicted molar refractivity (Wildman–Crippen MR) is 173 cm³/mol. The quantitative estimate of drug-likeness (QED) is 0.0335. The Morgan fingerprint density at radius 3 is 1.60 bits per heavy atom. The Hall–Kier alpha value is -2.57. The van der Waals surface area contributed by atoms with E-state index < -0.39 is 18.0 Å². The van der Waals surface area contributed by atoms with E-state index in [1.54, 1.807) is 0 Å². The number of carboxylic acid groups (broad SMARTS) is 2. The van der Waals surface area contributed by atoms with Gasteiger partial charge in [-0.25, -0.2) is 4.79 Å². The second kappa shape index (κ2) is 30.1. The van der Waals surface area contributed by atoms with Gasteiger partial charge in [-0.05, 0) is 19.3 Å². The number of rotatable bonds is 31. The Bertz CT molecular complexity index is 864. The molecule has 0 aliphatic rings. The van der Waals surface area contributed by atoms with Crippen molar-refractivity contribution in [2.45, 2.75) is 83.1 Å². The van der Waals surface area contributed by atoms with E-state index >= 15 is 0 Å². The fourth-order valence-electron chi connectivity index (χ4n) is 3.88. The van der Waals surface area contributed by atoms with Gasteiger partial charge in [0.15, 0.2) is 0 Å². The van der Waals surface area contributed by atoms with Gasteiger partial charge in [-0.3, -0.25) is 24.0 Å². The maximum absolute atomic E-state index is 12.1. The number of alkyl halides is 1. The van der Waals surface area contributed by atoms with Crippen LogP contribution in [0.3, 0.4) is 0 Å². The van der Waals surface area contributed by atoms with Gasteiger partial charge < -0.3 is 45.7 Å². The van der Waals surface area contributed by atoms with Crippen molar-refractivity contribution in [1.29, 1.82) is 0 Å². The lowest BCUT2D eigenvalue weighted by molar-refractivity contribution is -0.142. The van der Waals surface area contributed by atoms with Crippen LogP contribution in [0.2, 0.25) is 0 Å². The van der Waals surface area contributed by atoms with Gasteiger partial charge in [0, 0.05) is 38.9 Å². The molecule has 0 bridgehead atoms. The van der Waals surface area contributed by atoms with Crippen molar-refractivity contribution >= 4 is 58.2 Å². The number of carbonyl (C=O) groups is 6. The molecule has 0 saturated heterocycles. The second-order valence-corrected chi connectivity index (χ2v) is 10.9. The largest absolute Gasteiger partial charge is 0.481 e. The summed E-state index contributed by atoms with van der Waals surface area (Å²) >= 11 is 1.97. The van der Waals surface area contributed by atoms with E-state index in [-0.39, 0.29) is 82.3 Å². The zero-order valence-electron chi connectivity index (χ0n) is 26.1. The molecule has 4 amide bonds. The minimum Gasteiger partial charge on any atom is -0.481 e. The summed E-state index contributed by atoms with van der Waals surface area (Å²) in [6.45, 7) is 2.10. The molecule has 0 aromatic heterocycles. The Balaban J connectivity index is 3.72. The molecule has 0 spiro atoms. The van der Waals surface area contributed by atoms with Gasteiger partial charge in [0.05, 0.1) is 37.5 Å². The highest BCUT2D eigenvalue weighted by molar-refractivity contribution is 14.1. The predicted octanol–water partition coefficient (Wildman–Crippen LogP) is 1.16. The molecule has 0 aliphatic carbocycles. The van der Waals surface area contributed by atoms with Gasteiger partial charge in [-0.2, -0.15) is 0 Å². The van der Waals surface area contributed by atoms with Crippen LogP contribution in [0.1, 0.15) is 77.0 Å². The average Bonchev–Trinajstić information content (AvgIpc) is 3.00. The molecule has 6 N–H and O–H groups in total. The minimum atomic E-state index is -1.20. The summed E-state index contributed by atoms with van der Waals surface area (Å²) in [6, 6.07) is -1.15. The lowest BCUT2D eigenvalue weighted by Crippen LogP contribution is -2.41. The smallest absolute Gasteiger partial charge is 0.326 e. The molecule has 0 rings (SSSR count). The highest BCUT2D eigenvalue weighted by atomic mass is 127. The maximum atomic E-state index is 12.1.